The van der Waals surface area contributed by atoms with E-state index in [1.165, 1.54) is 38.6 Å². The van der Waals surface area contributed by atoms with Gasteiger partial charge < -0.3 is 4.74 Å². The Morgan fingerprint density at radius 1 is 1.09 bits per heavy atom. The van der Waals surface area contributed by atoms with Crippen LogP contribution in [0.1, 0.15) is 73.5 Å². The molecule has 0 N–H and O–H groups in total. The number of ether oxygens (including phenoxy) is 1. The van der Waals surface area contributed by atoms with Crippen LogP contribution in [0.2, 0.25) is 0 Å². The van der Waals surface area contributed by atoms with Gasteiger partial charge in [0.25, 0.3) is 0 Å². The molecule has 1 atom stereocenters. The second kappa shape index (κ2) is 9.18. The summed E-state index contributed by atoms with van der Waals surface area (Å²) in [7, 11) is 1.67. The molecule has 1 amide bonds. The van der Waals surface area contributed by atoms with E-state index in [1.807, 2.05) is 29.2 Å². The topological polar surface area (TPSA) is 58.6 Å². The number of hydrogen-bond donors (Lipinski definition) is 0. The first-order valence-electron chi connectivity index (χ1n) is 12.2. The number of aromatic nitrogens is 2. The van der Waals surface area contributed by atoms with Gasteiger partial charge in [-0.3, -0.25) is 14.6 Å². The normalized spacial score (nSPS) is 22.2. The molecule has 0 radical (unpaired) electrons. The number of benzene rings is 1. The van der Waals surface area contributed by atoms with Gasteiger partial charge in [-0.15, -0.1) is 0 Å². The molecule has 1 saturated carbocycles. The molecule has 1 aromatic heterocycles. The van der Waals surface area contributed by atoms with Gasteiger partial charge in [-0.2, -0.15) is 0 Å². The Balaban J connectivity index is 1.43. The summed E-state index contributed by atoms with van der Waals surface area (Å²) in [5.74, 6) is 3.05. The minimum Gasteiger partial charge on any atom is -0.497 e. The maximum Gasteiger partial charge on any atom is 0.228 e. The number of fused-ring (bicyclic) bond motifs is 1. The van der Waals surface area contributed by atoms with Crippen molar-refractivity contribution in [3.8, 4) is 5.75 Å². The zero-order valence-corrected chi connectivity index (χ0v) is 19.3. The highest BCUT2D eigenvalue weighted by atomic mass is 16.5. The number of anilines is 1. The first-order chi connectivity index (χ1) is 15.6. The van der Waals surface area contributed by atoms with E-state index in [9.17, 15) is 4.79 Å². The fraction of sp³-hybridized carbons (Fsp3) is 0.577. The van der Waals surface area contributed by atoms with Crippen molar-refractivity contribution in [3.05, 3.63) is 46.9 Å². The van der Waals surface area contributed by atoms with Crippen molar-refractivity contribution in [2.75, 3.05) is 25.1 Å². The van der Waals surface area contributed by atoms with E-state index >= 15 is 0 Å². The van der Waals surface area contributed by atoms with Crippen LogP contribution in [0.25, 0.3) is 0 Å². The number of likely N-dealkylation sites (tertiary alicyclic amines) is 1. The zero-order chi connectivity index (χ0) is 22.1. The van der Waals surface area contributed by atoms with Gasteiger partial charge in [0.1, 0.15) is 17.4 Å². The van der Waals surface area contributed by atoms with Crippen LogP contribution in [0, 0.1) is 6.92 Å². The number of carbonyl (C=O) groups is 1. The third-order valence-electron chi connectivity index (χ3n) is 7.49. The summed E-state index contributed by atoms with van der Waals surface area (Å²) in [5.41, 5.74) is 3.21. The molecule has 3 heterocycles. The van der Waals surface area contributed by atoms with Gasteiger partial charge in [0.2, 0.25) is 5.91 Å². The lowest BCUT2D eigenvalue weighted by Gasteiger charge is -2.37. The average Bonchev–Trinajstić information content (AvgIpc) is 3.36. The second-order valence-electron chi connectivity index (χ2n) is 9.57. The fourth-order valence-corrected chi connectivity index (χ4v) is 5.72. The summed E-state index contributed by atoms with van der Waals surface area (Å²) >= 11 is 0. The van der Waals surface area contributed by atoms with E-state index in [0.29, 0.717) is 18.9 Å². The number of piperidine rings is 1. The monoisotopic (exact) mass is 434 g/mol. The van der Waals surface area contributed by atoms with E-state index in [2.05, 4.69) is 11.8 Å². The standard InChI is InChI=1S/C26H34N4O2/c1-18-23-12-13-24(31)30(16-19-7-5-11-22(15-19)32-2)26(23)28-25(27-18)20-8-6-14-29(17-20)21-9-3-4-10-21/h5,7,11,15,20-21H,3-4,6,8-10,12-14,16-17H2,1-2H3/t20-/m0/s1. The van der Waals surface area contributed by atoms with E-state index in [4.69, 9.17) is 14.7 Å². The third-order valence-corrected chi connectivity index (χ3v) is 7.49. The van der Waals surface area contributed by atoms with Crippen molar-refractivity contribution in [2.45, 2.75) is 76.8 Å². The quantitative estimate of drug-likeness (QED) is 0.698. The molecule has 6 heteroatoms. The highest BCUT2D eigenvalue weighted by Gasteiger charge is 2.33. The largest absolute Gasteiger partial charge is 0.497 e. The lowest BCUT2D eigenvalue weighted by Crippen LogP contribution is -2.41. The molecule has 1 aromatic carbocycles. The first kappa shape index (κ1) is 21.4. The summed E-state index contributed by atoms with van der Waals surface area (Å²) in [5, 5.41) is 0. The Kier molecular flexibility index (Phi) is 6.13. The summed E-state index contributed by atoms with van der Waals surface area (Å²) in [6, 6.07) is 8.68. The summed E-state index contributed by atoms with van der Waals surface area (Å²) in [6.07, 6.45) is 8.97. The molecule has 6 nitrogen and oxygen atoms in total. The van der Waals surface area contributed by atoms with Crippen molar-refractivity contribution in [1.82, 2.24) is 14.9 Å². The minimum absolute atomic E-state index is 0.139. The lowest BCUT2D eigenvalue weighted by atomic mass is 9.94. The molecule has 5 rings (SSSR count). The third kappa shape index (κ3) is 4.25. The number of rotatable bonds is 5. The first-order valence-corrected chi connectivity index (χ1v) is 12.2. The SMILES string of the molecule is COc1cccc(CN2C(=O)CCc3c(C)nc([C@H]4CCCN(C5CCCC5)C4)nc32)c1. The molecule has 0 bridgehead atoms. The van der Waals surface area contributed by atoms with E-state index in [0.717, 1.165) is 59.6 Å². The van der Waals surface area contributed by atoms with Crippen LogP contribution >= 0.6 is 0 Å². The van der Waals surface area contributed by atoms with Gasteiger partial charge >= 0.3 is 0 Å². The summed E-state index contributed by atoms with van der Waals surface area (Å²) in [4.78, 5) is 27.5. The minimum atomic E-state index is 0.139. The van der Waals surface area contributed by atoms with E-state index in [-0.39, 0.29) is 5.91 Å². The number of amides is 1. The molecule has 1 aliphatic carbocycles. The molecular formula is C26H34N4O2. The number of carbonyl (C=O) groups excluding carboxylic acids is 1. The van der Waals surface area contributed by atoms with Crippen LogP contribution in [0.3, 0.4) is 0 Å². The van der Waals surface area contributed by atoms with Crippen molar-refractivity contribution >= 4 is 11.7 Å². The fourth-order valence-electron chi connectivity index (χ4n) is 5.72. The van der Waals surface area contributed by atoms with Crippen LogP contribution < -0.4 is 9.64 Å². The van der Waals surface area contributed by atoms with Crippen molar-refractivity contribution in [2.24, 2.45) is 0 Å². The van der Waals surface area contributed by atoms with Crippen LogP contribution in [0.5, 0.6) is 5.75 Å². The Labute approximate surface area is 191 Å². The Morgan fingerprint density at radius 2 is 1.94 bits per heavy atom. The molecule has 0 unspecified atom stereocenters. The molecular weight excluding hydrogens is 400 g/mol. The number of hydrogen-bond acceptors (Lipinski definition) is 5. The van der Waals surface area contributed by atoms with Gasteiger partial charge in [-0.25, -0.2) is 9.97 Å². The van der Waals surface area contributed by atoms with Crippen molar-refractivity contribution < 1.29 is 9.53 Å². The molecule has 1 saturated heterocycles. The zero-order valence-electron chi connectivity index (χ0n) is 19.3. The molecule has 170 valence electrons. The number of methoxy groups -OCH3 is 1. The number of aryl methyl sites for hydroxylation is 1. The van der Waals surface area contributed by atoms with Crippen molar-refractivity contribution in [1.29, 1.82) is 0 Å². The summed E-state index contributed by atoms with van der Waals surface area (Å²) < 4.78 is 5.38. The van der Waals surface area contributed by atoms with Crippen LogP contribution in [0.4, 0.5) is 5.82 Å². The van der Waals surface area contributed by atoms with Gasteiger partial charge in [-0.05, 0) is 63.3 Å². The van der Waals surface area contributed by atoms with Gasteiger partial charge in [0, 0.05) is 36.2 Å². The maximum absolute atomic E-state index is 13.0. The van der Waals surface area contributed by atoms with Crippen LogP contribution in [-0.4, -0.2) is 47.0 Å². The highest BCUT2D eigenvalue weighted by Crippen LogP contribution is 2.35. The van der Waals surface area contributed by atoms with E-state index in [1.54, 1.807) is 7.11 Å². The number of nitrogens with zero attached hydrogens (tertiary/aromatic N) is 4. The van der Waals surface area contributed by atoms with E-state index < -0.39 is 0 Å². The predicted octanol–water partition coefficient (Wildman–Crippen LogP) is 4.40. The Bertz CT molecular complexity index is 986. The molecule has 2 aliphatic heterocycles. The Hall–Kier alpha value is -2.47. The van der Waals surface area contributed by atoms with Gasteiger partial charge in [-0.1, -0.05) is 25.0 Å². The molecule has 32 heavy (non-hydrogen) atoms. The Morgan fingerprint density at radius 3 is 2.75 bits per heavy atom. The van der Waals surface area contributed by atoms with Crippen LogP contribution in [0.15, 0.2) is 24.3 Å². The molecule has 2 aromatic rings. The molecule has 2 fully saturated rings. The second-order valence-corrected chi connectivity index (χ2v) is 9.57. The summed E-state index contributed by atoms with van der Waals surface area (Å²) in [6.45, 7) is 4.84. The smallest absolute Gasteiger partial charge is 0.228 e. The predicted molar refractivity (Wildman–Crippen MR) is 125 cm³/mol. The average molecular weight is 435 g/mol. The molecule has 0 spiro atoms. The highest BCUT2D eigenvalue weighted by molar-refractivity contribution is 5.95. The van der Waals surface area contributed by atoms with Crippen LogP contribution in [-0.2, 0) is 17.8 Å². The van der Waals surface area contributed by atoms with Gasteiger partial charge in [0.05, 0.1) is 13.7 Å². The molecule has 3 aliphatic rings. The van der Waals surface area contributed by atoms with Gasteiger partial charge in [0.15, 0.2) is 0 Å². The van der Waals surface area contributed by atoms with Crippen molar-refractivity contribution in [3.63, 3.8) is 0 Å². The lowest BCUT2D eigenvalue weighted by molar-refractivity contribution is -0.119. The maximum atomic E-state index is 13.0.